The lowest BCUT2D eigenvalue weighted by Crippen LogP contribution is -2.60. The molecule has 0 radical (unpaired) electrons. The Kier molecular flexibility index (Phi) is 34.7. The second kappa shape index (κ2) is 37.0. The second-order valence-electron chi connectivity index (χ2n) is 16.2. The number of carbonyl (C=O) groups is 1. The zero-order chi connectivity index (χ0) is 40.2. The van der Waals surface area contributed by atoms with Gasteiger partial charge >= 0.3 is 0 Å². The molecule has 55 heavy (non-hydrogen) atoms. The molecule has 1 amide bonds. The van der Waals surface area contributed by atoms with Crippen LogP contribution >= 0.6 is 0 Å². The Balaban J connectivity index is 1.95. The van der Waals surface area contributed by atoms with Gasteiger partial charge in [-0.25, -0.2) is 0 Å². The number of hydrogen-bond acceptors (Lipinski definition) is 8. The van der Waals surface area contributed by atoms with Crippen molar-refractivity contribution in [3.05, 3.63) is 24.3 Å². The molecule has 6 N–H and O–H groups in total. The normalized spacial score (nSPS) is 21.5. The molecular formula is C46H87NO8. The van der Waals surface area contributed by atoms with E-state index in [-0.39, 0.29) is 18.9 Å². The Labute approximate surface area is 337 Å². The van der Waals surface area contributed by atoms with E-state index in [1.807, 2.05) is 6.08 Å². The van der Waals surface area contributed by atoms with Gasteiger partial charge in [-0.15, -0.1) is 0 Å². The predicted molar refractivity (Wildman–Crippen MR) is 226 cm³/mol. The smallest absolute Gasteiger partial charge is 0.220 e. The molecular weight excluding hydrogens is 695 g/mol. The van der Waals surface area contributed by atoms with Crippen LogP contribution in [-0.2, 0) is 14.3 Å². The van der Waals surface area contributed by atoms with Gasteiger partial charge in [-0.2, -0.15) is 0 Å². The van der Waals surface area contributed by atoms with Crippen LogP contribution in [-0.4, -0.2) is 87.5 Å². The Morgan fingerprint density at radius 1 is 0.600 bits per heavy atom. The van der Waals surface area contributed by atoms with Crippen LogP contribution < -0.4 is 5.32 Å². The number of aliphatic hydroxyl groups excluding tert-OH is 5. The van der Waals surface area contributed by atoms with Gasteiger partial charge in [0.05, 0.1) is 25.4 Å². The van der Waals surface area contributed by atoms with E-state index in [1.165, 1.54) is 167 Å². The first-order valence-corrected chi connectivity index (χ1v) is 23.1. The van der Waals surface area contributed by atoms with Crippen LogP contribution in [0.1, 0.15) is 206 Å². The van der Waals surface area contributed by atoms with Gasteiger partial charge in [0, 0.05) is 6.42 Å². The van der Waals surface area contributed by atoms with Crippen molar-refractivity contribution in [2.24, 2.45) is 0 Å². The lowest BCUT2D eigenvalue weighted by molar-refractivity contribution is -0.302. The fourth-order valence-corrected chi connectivity index (χ4v) is 7.31. The first-order chi connectivity index (χ1) is 26.8. The summed E-state index contributed by atoms with van der Waals surface area (Å²) in [5.74, 6) is -0.274. The number of carbonyl (C=O) groups excluding carboxylic acids is 1. The maximum absolute atomic E-state index is 12.1. The Hall–Kier alpha value is -1.33. The first kappa shape index (κ1) is 51.7. The standard InChI is InChI=1S/C46H87NO8/c1-3-5-6-7-8-9-10-11-12-13-14-15-16-17-18-19-20-21-22-23-24-25-26-27-28-29-30-31-32-33-34-35-36-40(49)39(47-42(50)4-2)38-54-46-45(53)44(52)43(51)41(37-48)55-46/h31-32,35-36,39-41,43-46,48-49,51-53H,3-30,33-34,37-38H2,1-2H3,(H,47,50)/b32-31+,36-35+. The predicted octanol–water partition coefficient (Wildman–Crippen LogP) is 9.50. The molecule has 1 aliphatic rings. The average molecular weight is 782 g/mol. The molecule has 0 aromatic carbocycles. The molecule has 1 rings (SSSR count). The minimum Gasteiger partial charge on any atom is -0.394 e. The summed E-state index contributed by atoms with van der Waals surface area (Å²) in [5.41, 5.74) is 0. The molecule has 7 atom stereocenters. The summed E-state index contributed by atoms with van der Waals surface area (Å²) >= 11 is 0. The van der Waals surface area contributed by atoms with Crippen molar-refractivity contribution in [3.63, 3.8) is 0 Å². The fraction of sp³-hybridized carbons (Fsp3) is 0.891. The highest BCUT2D eigenvalue weighted by Crippen LogP contribution is 2.22. The van der Waals surface area contributed by atoms with Crippen molar-refractivity contribution in [2.45, 2.75) is 249 Å². The summed E-state index contributed by atoms with van der Waals surface area (Å²) in [6.07, 6.45) is 39.4. The van der Waals surface area contributed by atoms with Gasteiger partial charge in [0.25, 0.3) is 0 Å². The van der Waals surface area contributed by atoms with Crippen LogP contribution in [0.25, 0.3) is 0 Å². The first-order valence-electron chi connectivity index (χ1n) is 23.1. The van der Waals surface area contributed by atoms with Crippen molar-refractivity contribution in [1.82, 2.24) is 5.32 Å². The van der Waals surface area contributed by atoms with E-state index in [0.717, 1.165) is 19.3 Å². The summed E-state index contributed by atoms with van der Waals surface area (Å²) < 4.78 is 10.9. The molecule has 1 fully saturated rings. The van der Waals surface area contributed by atoms with Gasteiger partial charge in [0.15, 0.2) is 6.29 Å². The number of aliphatic hydroxyl groups is 5. The van der Waals surface area contributed by atoms with Crippen LogP contribution in [0.3, 0.4) is 0 Å². The van der Waals surface area contributed by atoms with E-state index in [4.69, 9.17) is 9.47 Å². The zero-order valence-corrected chi connectivity index (χ0v) is 35.4. The molecule has 1 heterocycles. The SMILES string of the molecule is CCCCCCCCCCCCCCCCCCCCCCCCCCCC/C=C/CC/C=C/C(O)C(COC1OC(CO)C(O)C(O)C1O)NC(=O)CC. The van der Waals surface area contributed by atoms with Gasteiger partial charge in [-0.05, 0) is 25.7 Å². The Morgan fingerprint density at radius 2 is 1.02 bits per heavy atom. The molecule has 0 aromatic heterocycles. The van der Waals surface area contributed by atoms with Crippen molar-refractivity contribution in [2.75, 3.05) is 13.2 Å². The third-order valence-electron chi connectivity index (χ3n) is 11.1. The van der Waals surface area contributed by atoms with Crippen molar-refractivity contribution < 1.29 is 39.8 Å². The summed E-state index contributed by atoms with van der Waals surface area (Å²) in [5, 5.41) is 53.0. The van der Waals surface area contributed by atoms with E-state index in [9.17, 15) is 30.3 Å². The molecule has 324 valence electrons. The van der Waals surface area contributed by atoms with Gasteiger partial charge in [0.1, 0.15) is 24.4 Å². The highest BCUT2D eigenvalue weighted by molar-refractivity contribution is 5.75. The van der Waals surface area contributed by atoms with Crippen LogP contribution in [0.5, 0.6) is 0 Å². The lowest BCUT2D eigenvalue weighted by Gasteiger charge is -2.40. The third-order valence-corrected chi connectivity index (χ3v) is 11.1. The summed E-state index contributed by atoms with van der Waals surface area (Å²) in [4.78, 5) is 12.1. The number of allylic oxidation sites excluding steroid dienone is 3. The number of unbranched alkanes of at least 4 members (excludes halogenated alkanes) is 27. The van der Waals surface area contributed by atoms with Gasteiger partial charge in [-0.1, -0.05) is 199 Å². The van der Waals surface area contributed by atoms with Crippen LogP contribution in [0.2, 0.25) is 0 Å². The molecule has 0 bridgehead atoms. The zero-order valence-electron chi connectivity index (χ0n) is 35.4. The van der Waals surface area contributed by atoms with Crippen molar-refractivity contribution >= 4 is 5.91 Å². The molecule has 9 nitrogen and oxygen atoms in total. The van der Waals surface area contributed by atoms with E-state index in [2.05, 4.69) is 24.4 Å². The van der Waals surface area contributed by atoms with Gasteiger partial charge < -0.3 is 40.3 Å². The van der Waals surface area contributed by atoms with E-state index in [1.54, 1.807) is 13.0 Å². The molecule has 7 unspecified atom stereocenters. The number of amides is 1. The number of ether oxygens (including phenoxy) is 2. The largest absolute Gasteiger partial charge is 0.394 e. The van der Waals surface area contributed by atoms with Gasteiger partial charge in [-0.3, -0.25) is 4.79 Å². The average Bonchev–Trinajstić information content (AvgIpc) is 3.19. The lowest BCUT2D eigenvalue weighted by atomic mass is 9.99. The van der Waals surface area contributed by atoms with Crippen LogP contribution in [0.15, 0.2) is 24.3 Å². The maximum atomic E-state index is 12.1. The minimum atomic E-state index is -1.56. The van der Waals surface area contributed by atoms with E-state index in [0.29, 0.717) is 0 Å². The van der Waals surface area contributed by atoms with Crippen molar-refractivity contribution in [1.29, 1.82) is 0 Å². The third kappa shape index (κ3) is 27.9. The van der Waals surface area contributed by atoms with E-state index < -0.39 is 49.5 Å². The van der Waals surface area contributed by atoms with Crippen molar-refractivity contribution in [3.8, 4) is 0 Å². The van der Waals surface area contributed by atoms with Crippen LogP contribution in [0, 0.1) is 0 Å². The maximum Gasteiger partial charge on any atom is 0.220 e. The molecule has 0 spiro atoms. The molecule has 1 aliphatic heterocycles. The summed E-state index contributed by atoms with van der Waals surface area (Å²) in [7, 11) is 0. The Morgan fingerprint density at radius 3 is 1.45 bits per heavy atom. The number of rotatable bonds is 38. The highest BCUT2D eigenvalue weighted by Gasteiger charge is 2.44. The second-order valence-corrected chi connectivity index (χ2v) is 16.2. The van der Waals surface area contributed by atoms with Gasteiger partial charge in [0.2, 0.25) is 5.91 Å². The highest BCUT2D eigenvalue weighted by atomic mass is 16.7. The summed E-state index contributed by atoms with van der Waals surface area (Å²) in [6.45, 7) is 3.21. The molecule has 9 heteroatoms. The van der Waals surface area contributed by atoms with Crippen LogP contribution in [0.4, 0.5) is 0 Å². The minimum absolute atomic E-state index is 0.209. The number of hydrogen-bond donors (Lipinski definition) is 6. The Bertz CT molecular complexity index is 914. The fourth-order valence-electron chi connectivity index (χ4n) is 7.31. The molecule has 0 aliphatic carbocycles. The number of nitrogens with one attached hydrogen (secondary N) is 1. The molecule has 0 aromatic rings. The monoisotopic (exact) mass is 782 g/mol. The quantitative estimate of drug-likeness (QED) is 0.0268. The molecule has 0 saturated carbocycles. The topological polar surface area (TPSA) is 149 Å². The van der Waals surface area contributed by atoms with E-state index >= 15 is 0 Å². The summed E-state index contributed by atoms with van der Waals surface area (Å²) in [6, 6.07) is -0.815. The molecule has 1 saturated heterocycles.